The van der Waals surface area contributed by atoms with Crippen molar-refractivity contribution in [2.24, 2.45) is 0 Å². The van der Waals surface area contributed by atoms with Crippen molar-refractivity contribution in [2.75, 3.05) is 36.9 Å². The Kier molecular flexibility index (Phi) is 11.8. The third-order valence-corrected chi connectivity index (χ3v) is 8.47. The molecule has 3 rings (SSSR count). The number of anilines is 1. The predicted molar refractivity (Wildman–Crippen MR) is 158 cm³/mol. The average molecular weight is 615 g/mol. The molecule has 0 fully saturated rings. The van der Waals surface area contributed by atoms with Crippen LogP contribution in [-0.2, 0) is 26.2 Å². The highest BCUT2D eigenvalue weighted by atomic mass is 35.5. The highest BCUT2D eigenvalue weighted by Gasteiger charge is 2.30. The minimum absolute atomic E-state index is 0.0113. The number of carbonyl (C=O) groups excluding carboxylic acids is 2. The maximum absolute atomic E-state index is 13.6. The van der Waals surface area contributed by atoms with E-state index in [9.17, 15) is 18.0 Å². The summed E-state index contributed by atoms with van der Waals surface area (Å²) in [6, 6.07) is 9.29. The molecule has 0 bridgehead atoms. The van der Waals surface area contributed by atoms with E-state index >= 15 is 0 Å². The summed E-state index contributed by atoms with van der Waals surface area (Å²) in [5, 5.41) is 3.71. The van der Waals surface area contributed by atoms with Gasteiger partial charge in [0.15, 0.2) is 11.5 Å². The van der Waals surface area contributed by atoms with Crippen molar-refractivity contribution >= 4 is 50.7 Å². The van der Waals surface area contributed by atoms with Crippen LogP contribution >= 0.6 is 23.2 Å². The van der Waals surface area contributed by atoms with Crippen molar-refractivity contribution in [3.8, 4) is 11.5 Å². The summed E-state index contributed by atoms with van der Waals surface area (Å²) in [4.78, 5) is 28.2. The van der Waals surface area contributed by atoms with Crippen LogP contribution in [0.4, 0.5) is 5.69 Å². The monoisotopic (exact) mass is 613 g/mol. The molecule has 0 spiro atoms. The zero-order valence-electron chi connectivity index (χ0n) is 23.1. The molecular weight excluding hydrogens is 577 g/mol. The van der Waals surface area contributed by atoms with Crippen LogP contribution in [0.2, 0.25) is 10.0 Å². The molecule has 1 N–H and O–H groups in total. The lowest BCUT2D eigenvalue weighted by molar-refractivity contribution is -0.141. The maximum Gasteiger partial charge on any atom is 0.242 e. The number of nitrogens with zero attached hydrogens (tertiary/aromatic N) is 2. The minimum Gasteiger partial charge on any atom is -0.486 e. The van der Waals surface area contributed by atoms with Crippen LogP contribution in [0.3, 0.4) is 0 Å². The molecule has 0 unspecified atom stereocenters. The largest absolute Gasteiger partial charge is 0.486 e. The third kappa shape index (κ3) is 8.41. The first kappa shape index (κ1) is 31.8. The van der Waals surface area contributed by atoms with E-state index in [2.05, 4.69) is 5.32 Å². The standard InChI is InChI=1S/C28H37Cl2N3O6S/c1-4-6-14-31-28(35)24(5-2)32(19-21-22(29)9-7-10-23(21)30)27(34)11-8-15-33(40(3,36)37)20-12-13-25-26(18-20)39-17-16-38-25/h7,9-10,12-13,18,24H,4-6,8,11,14-17,19H2,1-3H3,(H,31,35)/t24-/m0/s1. The summed E-state index contributed by atoms with van der Waals surface area (Å²) in [7, 11) is -3.66. The van der Waals surface area contributed by atoms with Crippen LogP contribution < -0.4 is 19.1 Å². The Morgan fingerprint density at radius 1 is 1.02 bits per heavy atom. The molecule has 0 radical (unpaired) electrons. The maximum atomic E-state index is 13.6. The van der Waals surface area contributed by atoms with E-state index in [0.717, 1.165) is 19.1 Å². The van der Waals surface area contributed by atoms with Gasteiger partial charge in [-0.1, -0.05) is 49.5 Å². The van der Waals surface area contributed by atoms with Crippen LogP contribution in [0.5, 0.6) is 11.5 Å². The second kappa shape index (κ2) is 14.8. The van der Waals surface area contributed by atoms with Gasteiger partial charge >= 0.3 is 0 Å². The molecule has 0 saturated carbocycles. The van der Waals surface area contributed by atoms with Crippen LogP contribution in [0, 0.1) is 0 Å². The number of sulfonamides is 1. The Morgan fingerprint density at radius 3 is 2.33 bits per heavy atom. The number of hydrogen-bond acceptors (Lipinski definition) is 6. The van der Waals surface area contributed by atoms with Gasteiger partial charge in [0.05, 0.1) is 11.9 Å². The molecule has 9 nitrogen and oxygen atoms in total. The number of benzene rings is 2. The summed E-state index contributed by atoms with van der Waals surface area (Å²) in [6.07, 6.45) is 3.49. The molecule has 0 aromatic heterocycles. The molecule has 1 aliphatic heterocycles. The number of hydrogen-bond donors (Lipinski definition) is 1. The molecule has 2 aromatic rings. The fraction of sp³-hybridized carbons (Fsp3) is 0.500. The molecule has 1 heterocycles. The van der Waals surface area contributed by atoms with Gasteiger partial charge in [0.1, 0.15) is 19.3 Å². The number of carbonyl (C=O) groups is 2. The average Bonchev–Trinajstić information content (AvgIpc) is 2.91. The third-order valence-electron chi connectivity index (χ3n) is 6.57. The van der Waals surface area contributed by atoms with E-state index in [1.807, 2.05) is 13.8 Å². The topological polar surface area (TPSA) is 105 Å². The van der Waals surface area contributed by atoms with Crippen molar-refractivity contribution in [2.45, 2.75) is 58.5 Å². The van der Waals surface area contributed by atoms with Crippen molar-refractivity contribution in [3.05, 3.63) is 52.0 Å². The Bertz CT molecular complexity index is 1270. The van der Waals surface area contributed by atoms with E-state index in [1.165, 1.54) is 9.21 Å². The van der Waals surface area contributed by atoms with E-state index in [-0.39, 0.29) is 37.7 Å². The number of unbranched alkanes of at least 4 members (excludes halogenated alkanes) is 1. The molecule has 220 valence electrons. The van der Waals surface area contributed by atoms with Gasteiger partial charge in [-0.3, -0.25) is 13.9 Å². The molecule has 1 atom stereocenters. The Labute approximate surface area is 246 Å². The van der Waals surface area contributed by atoms with Crippen LogP contribution in [-0.4, -0.2) is 63.7 Å². The van der Waals surface area contributed by atoms with E-state index in [1.54, 1.807) is 36.4 Å². The number of fused-ring (bicyclic) bond motifs is 1. The van der Waals surface area contributed by atoms with Crippen LogP contribution in [0.1, 0.15) is 51.5 Å². The Morgan fingerprint density at radius 2 is 1.70 bits per heavy atom. The number of halogens is 2. The molecule has 40 heavy (non-hydrogen) atoms. The second-order valence-corrected chi connectivity index (χ2v) is 12.3. The van der Waals surface area contributed by atoms with Crippen molar-refractivity contribution in [1.29, 1.82) is 0 Å². The van der Waals surface area contributed by atoms with Crippen molar-refractivity contribution in [1.82, 2.24) is 10.2 Å². The first-order valence-corrected chi connectivity index (χ1v) is 16.0. The van der Waals surface area contributed by atoms with Gasteiger partial charge in [-0.15, -0.1) is 0 Å². The van der Waals surface area contributed by atoms with Gasteiger partial charge in [-0.05, 0) is 43.5 Å². The Hall–Kier alpha value is -2.69. The van der Waals surface area contributed by atoms with E-state index in [4.69, 9.17) is 32.7 Å². The van der Waals surface area contributed by atoms with Crippen LogP contribution in [0.25, 0.3) is 0 Å². The number of nitrogens with one attached hydrogen (secondary N) is 1. The van der Waals surface area contributed by atoms with E-state index in [0.29, 0.717) is 59.0 Å². The Balaban J connectivity index is 1.79. The van der Waals surface area contributed by atoms with Crippen molar-refractivity contribution in [3.63, 3.8) is 0 Å². The van der Waals surface area contributed by atoms with Crippen molar-refractivity contribution < 1.29 is 27.5 Å². The lowest BCUT2D eigenvalue weighted by Gasteiger charge is -2.31. The normalized spacial score (nSPS) is 13.4. The van der Waals surface area contributed by atoms with Gasteiger partial charge in [-0.2, -0.15) is 0 Å². The summed E-state index contributed by atoms with van der Waals surface area (Å²) in [6.45, 7) is 5.30. The van der Waals surface area contributed by atoms with Gasteiger partial charge in [0.2, 0.25) is 21.8 Å². The number of rotatable bonds is 14. The highest BCUT2D eigenvalue weighted by Crippen LogP contribution is 2.35. The van der Waals surface area contributed by atoms with Gasteiger partial charge in [0, 0.05) is 47.7 Å². The zero-order valence-corrected chi connectivity index (χ0v) is 25.4. The first-order chi connectivity index (χ1) is 19.1. The zero-order chi connectivity index (χ0) is 29.3. The SMILES string of the molecule is CCCCNC(=O)[C@H](CC)N(Cc1c(Cl)cccc1Cl)C(=O)CCCN(c1ccc2c(c1)OCCO2)S(C)(=O)=O. The van der Waals surface area contributed by atoms with Gasteiger partial charge < -0.3 is 19.7 Å². The summed E-state index contributed by atoms with van der Waals surface area (Å²) in [5.41, 5.74) is 0.966. The fourth-order valence-corrected chi connectivity index (χ4v) is 5.94. The number of amides is 2. The molecule has 2 aromatic carbocycles. The lowest BCUT2D eigenvalue weighted by Crippen LogP contribution is -2.49. The highest BCUT2D eigenvalue weighted by molar-refractivity contribution is 7.92. The number of ether oxygens (including phenoxy) is 2. The quantitative estimate of drug-likeness (QED) is 0.299. The fourth-order valence-electron chi connectivity index (χ4n) is 4.47. The minimum atomic E-state index is -3.66. The van der Waals surface area contributed by atoms with E-state index < -0.39 is 16.1 Å². The molecule has 12 heteroatoms. The lowest BCUT2D eigenvalue weighted by atomic mass is 10.1. The summed E-state index contributed by atoms with van der Waals surface area (Å²) >= 11 is 12.8. The molecule has 2 amide bonds. The summed E-state index contributed by atoms with van der Waals surface area (Å²) in [5.74, 6) is 0.470. The molecule has 0 saturated heterocycles. The predicted octanol–water partition coefficient (Wildman–Crippen LogP) is 5.03. The van der Waals surface area contributed by atoms with Crippen LogP contribution in [0.15, 0.2) is 36.4 Å². The molecule has 1 aliphatic rings. The first-order valence-electron chi connectivity index (χ1n) is 13.4. The van der Waals surface area contributed by atoms with Gasteiger partial charge in [0.25, 0.3) is 0 Å². The smallest absolute Gasteiger partial charge is 0.242 e. The molecule has 0 aliphatic carbocycles. The van der Waals surface area contributed by atoms with Gasteiger partial charge in [-0.25, -0.2) is 8.42 Å². The summed E-state index contributed by atoms with van der Waals surface area (Å²) < 4.78 is 37.7. The second-order valence-electron chi connectivity index (χ2n) is 9.56. The molecular formula is C28H37Cl2N3O6S.